The van der Waals surface area contributed by atoms with Crippen LogP contribution < -0.4 is 0 Å². The zero-order valence-electron chi connectivity index (χ0n) is 10.3. The van der Waals surface area contributed by atoms with Gasteiger partial charge in [-0.05, 0) is 25.0 Å². The standard InChI is InChI=1S/C13H14N2O3S/c16-9-10-1-2-12-7-14-13(15(12)8-10)11-3-5-19(17,18)6-4-11/h1-2,7-9,11H,3-6H2. The van der Waals surface area contributed by atoms with E-state index in [0.717, 1.165) is 17.6 Å². The summed E-state index contributed by atoms with van der Waals surface area (Å²) in [5.41, 5.74) is 1.52. The minimum atomic E-state index is -2.87. The Balaban J connectivity index is 1.99. The van der Waals surface area contributed by atoms with E-state index in [1.807, 2.05) is 10.5 Å². The van der Waals surface area contributed by atoms with Crippen molar-refractivity contribution in [2.45, 2.75) is 18.8 Å². The molecular weight excluding hydrogens is 264 g/mol. The summed E-state index contributed by atoms with van der Waals surface area (Å²) in [6.45, 7) is 0. The fraction of sp³-hybridized carbons (Fsp3) is 0.385. The summed E-state index contributed by atoms with van der Waals surface area (Å²) < 4.78 is 24.8. The molecule has 3 rings (SSSR count). The molecule has 0 saturated carbocycles. The predicted molar refractivity (Wildman–Crippen MR) is 71.2 cm³/mol. The lowest BCUT2D eigenvalue weighted by atomic mass is 10.0. The van der Waals surface area contributed by atoms with Crippen LogP contribution in [0.5, 0.6) is 0 Å². The number of carbonyl (C=O) groups excluding carboxylic acids is 1. The van der Waals surface area contributed by atoms with E-state index in [1.165, 1.54) is 0 Å². The van der Waals surface area contributed by atoms with Gasteiger partial charge >= 0.3 is 0 Å². The quantitative estimate of drug-likeness (QED) is 0.779. The van der Waals surface area contributed by atoms with Crippen molar-refractivity contribution in [2.75, 3.05) is 11.5 Å². The average Bonchev–Trinajstić information content (AvgIpc) is 2.81. The average molecular weight is 278 g/mol. The molecule has 0 N–H and O–H groups in total. The van der Waals surface area contributed by atoms with Gasteiger partial charge in [-0.3, -0.25) is 4.79 Å². The van der Waals surface area contributed by atoms with Crippen molar-refractivity contribution in [3.8, 4) is 0 Å². The minimum absolute atomic E-state index is 0.146. The van der Waals surface area contributed by atoms with E-state index in [0.29, 0.717) is 18.4 Å². The lowest BCUT2D eigenvalue weighted by Crippen LogP contribution is -2.23. The summed E-state index contributed by atoms with van der Waals surface area (Å²) in [5, 5.41) is 0. The molecule has 0 atom stereocenters. The van der Waals surface area contributed by atoms with Crippen LogP contribution in [0.25, 0.3) is 5.52 Å². The van der Waals surface area contributed by atoms with Gasteiger partial charge in [0, 0.05) is 17.7 Å². The second kappa shape index (κ2) is 4.45. The van der Waals surface area contributed by atoms with Crippen molar-refractivity contribution >= 4 is 21.6 Å². The third-order valence-electron chi connectivity index (χ3n) is 3.63. The van der Waals surface area contributed by atoms with Gasteiger partial charge in [0.15, 0.2) is 6.29 Å². The van der Waals surface area contributed by atoms with Crippen LogP contribution in [0.1, 0.15) is 34.9 Å². The Labute approximate surface area is 111 Å². The second-order valence-electron chi connectivity index (χ2n) is 4.92. The summed E-state index contributed by atoms with van der Waals surface area (Å²) >= 11 is 0. The zero-order valence-corrected chi connectivity index (χ0v) is 11.1. The van der Waals surface area contributed by atoms with Crippen molar-refractivity contribution in [2.24, 2.45) is 0 Å². The third kappa shape index (κ3) is 2.28. The molecular formula is C13H14N2O3S. The molecule has 1 saturated heterocycles. The van der Waals surface area contributed by atoms with Gasteiger partial charge in [0.05, 0.1) is 23.2 Å². The van der Waals surface area contributed by atoms with E-state index in [4.69, 9.17) is 0 Å². The van der Waals surface area contributed by atoms with E-state index in [1.54, 1.807) is 18.5 Å². The number of aldehydes is 1. The Morgan fingerprint density at radius 2 is 2.00 bits per heavy atom. The molecule has 0 bridgehead atoms. The molecule has 1 aliphatic heterocycles. The predicted octanol–water partition coefficient (Wildman–Crippen LogP) is 1.44. The number of hydrogen-bond donors (Lipinski definition) is 0. The van der Waals surface area contributed by atoms with Gasteiger partial charge in [-0.15, -0.1) is 0 Å². The number of fused-ring (bicyclic) bond motifs is 1. The smallest absolute Gasteiger partial charge is 0.151 e. The number of aromatic nitrogens is 2. The Morgan fingerprint density at radius 1 is 1.26 bits per heavy atom. The lowest BCUT2D eigenvalue weighted by molar-refractivity contribution is 0.112. The van der Waals surface area contributed by atoms with Crippen molar-refractivity contribution in [1.82, 2.24) is 9.38 Å². The van der Waals surface area contributed by atoms with E-state index < -0.39 is 9.84 Å². The fourth-order valence-corrected chi connectivity index (χ4v) is 4.04. The molecule has 6 heteroatoms. The Morgan fingerprint density at radius 3 is 2.68 bits per heavy atom. The van der Waals surface area contributed by atoms with Crippen LogP contribution in [0.3, 0.4) is 0 Å². The van der Waals surface area contributed by atoms with E-state index in [2.05, 4.69) is 4.98 Å². The number of hydrogen-bond acceptors (Lipinski definition) is 4. The highest BCUT2D eigenvalue weighted by atomic mass is 32.2. The van der Waals surface area contributed by atoms with Gasteiger partial charge in [0.1, 0.15) is 15.7 Å². The van der Waals surface area contributed by atoms with Crippen molar-refractivity contribution in [3.63, 3.8) is 0 Å². The Kier molecular flexibility index (Phi) is 2.89. The number of pyridine rings is 1. The van der Waals surface area contributed by atoms with Crippen LogP contribution in [0.4, 0.5) is 0 Å². The molecule has 3 heterocycles. The van der Waals surface area contributed by atoms with Crippen LogP contribution in [0, 0.1) is 0 Å². The largest absolute Gasteiger partial charge is 0.303 e. The van der Waals surface area contributed by atoms with Gasteiger partial charge < -0.3 is 4.40 Å². The molecule has 5 nitrogen and oxygen atoms in total. The molecule has 2 aromatic rings. The van der Waals surface area contributed by atoms with Crippen LogP contribution in [-0.2, 0) is 9.84 Å². The summed E-state index contributed by atoms with van der Waals surface area (Å²) in [4.78, 5) is 15.2. The van der Waals surface area contributed by atoms with Crippen LogP contribution in [0.15, 0.2) is 24.5 Å². The normalized spacial score (nSPS) is 19.6. The maximum absolute atomic E-state index is 11.5. The van der Waals surface area contributed by atoms with E-state index in [9.17, 15) is 13.2 Å². The highest BCUT2D eigenvalue weighted by Crippen LogP contribution is 2.28. The summed E-state index contributed by atoms with van der Waals surface area (Å²) in [5.74, 6) is 1.45. The maximum atomic E-state index is 11.5. The summed E-state index contributed by atoms with van der Waals surface area (Å²) in [7, 11) is -2.87. The SMILES string of the molecule is O=Cc1ccc2cnc(C3CCS(=O)(=O)CC3)n2c1. The molecule has 1 fully saturated rings. The van der Waals surface area contributed by atoms with Gasteiger partial charge in [-0.1, -0.05) is 0 Å². The van der Waals surface area contributed by atoms with Crippen LogP contribution >= 0.6 is 0 Å². The molecule has 2 aromatic heterocycles. The second-order valence-corrected chi connectivity index (χ2v) is 7.22. The molecule has 1 aliphatic rings. The number of sulfone groups is 1. The zero-order chi connectivity index (χ0) is 13.5. The topological polar surface area (TPSA) is 68.5 Å². The first-order chi connectivity index (χ1) is 9.09. The lowest BCUT2D eigenvalue weighted by Gasteiger charge is -2.20. The molecule has 0 amide bonds. The fourth-order valence-electron chi connectivity index (χ4n) is 2.55. The van der Waals surface area contributed by atoms with Crippen molar-refractivity contribution in [3.05, 3.63) is 35.9 Å². The van der Waals surface area contributed by atoms with Gasteiger partial charge in [0.25, 0.3) is 0 Å². The highest BCUT2D eigenvalue weighted by Gasteiger charge is 2.27. The van der Waals surface area contributed by atoms with Crippen LogP contribution in [-0.4, -0.2) is 35.6 Å². The summed E-state index contributed by atoms with van der Waals surface area (Å²) in [6.07, 6.45) is 5.52. The van der Waals surface area contributed by atoms with Crippen molar-refractivity contribution in [1.29, 1.82) is 0 Å². The van der Waals surface area contributed by atoms with Gasteiger partial charge in [-0.25, -0.2) is 13.4 Å². The number of rotatable bonds is 2. The maximum Gasteiger partial charge on any atom is 0.151 e. The summed E-state index contributed by atoms with van der Waals surface area (Å²) in [6, 6.07) is 3.60. The molecule has 0 radical (unpaired) electrons. The monoisotopic (exact) mass is 278 g/mol. The molecule has 0 unspecified atom stereocenters. The molecule has 0 aromatic carbocycles. The number of nitrogens with zero attached hydrogens (tertiary/aromatic N) is 2. The van der Waals surface area contributed by atoms with Crippen LogP contribution in [0.2, 0.25) is 0 Å². The molecule has 0 aliphatic carbocycles. The van der Waals surface area contributed by atoms with E-state index in [-0.39, 0.29) is 17.4 Å². The first-order valence-electron chi connectivity index (χ1n) is 6.22. The first-order valence-corrected chi connectivity index (χ1v) is 8.04. The first kappa shape index (κ1) is 12.3. The molecule has 100 valence electrons. The van der Waals surface area contributed by atoms with Crippen molar-refractivity contribution < 1.29 is 13.2 Å². The number of carbonyl (C=O) groups is 1. The highest BCUT2D eigenvalue weighted by molar-refractivity contribution is 7.91. The number of imidazole rings is 1. The van der Waals surface area contributed by atoms with E-state index >= 15 is 0 Å². The molecule has 19 heavy (non-hydrogen) atoms. The van der Waals surface area contributed by atoms with Gasteiger partial charge in [0.2, 0.25) is 0 Å². The minimum Gasteiger partial charge on any atom is -0.303 e. The Hall–Kier alpha value is -1.69. The molecule has 0 spiro atoms. The Bertz CT molecular complexity index is 719. The van der Waals surface area contributed by atoms with Gasteiger partial charge in [-0.2, -0.15) is 0 Å². The third-order valence-corrected chi connectivity index (χ3v) is 5.35.